The number of esters is 1. The minimum atomic E-state index is -0.409. The second-order valence-electron chi connectivity index (χ2n) is 6.44. The molecule has 1 saturated heterocycles. The molecule has 2 heterocycles. The van der Waals surface area contributed by atoms with E-state index in [0.717, 1.165) is 30.1 Å². The average molecular weight is 355 g/mol. The minimum absolute atomic E-state index is 0.0688. The summed E-state index contributed by atoms with van der Waals surface area (Å²) < 4.78 is 10.5. The third-order valence-corrected chi connectivity index (χ3v) is 5.47. The van der Waals surface area contributed by atoms with Crippen molar-refractivity contribution in [2.24, 2.45) is 0 Å². The smallest absolute Gasteiger partial charge is 0.341 e. The zero-order chi connectivity index (χ0) is 17.9. The van der Waals surface area contributed by atoms with Crippen molar-refractivity contribution in [3.63, 3.8) is 0 Å². The normalized spacial score (nSPS) is 23.8. The first-order valence-electron chi connectivity index (χ1n) is 8.29. The Bertz CT molecular complexity index is 604. The van der Waals surface area contributed by atoms with Crippen LogP contribution >= 0.6 is 11.3 Å². The highest BCUT2D eigenvalue weighted by molar-refractivity contribution is 7.16. The lowest BCUT2D eigenvalue weighted by atomic mass is 10.1. The van der Waals surface area contributed by atoms with E-state index in [4.69, 9.17) is 9.47 Å². The van der Waals surface area contributed by atoms with Gasteiger partial charge in [0.15, 0.2) is 0 Å². The Labute approximate surface area is 147 Å². The summed E-state index contributed by atoms with van der Waals surface area (Å²) in [4.78, 5) is 26.6. The zero-order valence-corrected chi connectivity index (χ0v) is 15.8. The van der Waals surface area contributed by atoms with Gasteiger partial charge in [-0.2, -0.15) is 0 Å². The summed E-state index contributed by atoms with van der Waals surface area (Å²) in [7, 11) is 1.35. The van der Waals surface area contributed by atoms with Gasteiger partial charge in [0.05, 0.1) is 25.6 Å². The maximum Gasteiger partial charge on any atom is 0.341 e. The molecular formula is C17H27N2O4S+. The largest absolute Gasteiger partial charge is 0.465 e. The van der Waals surface area contributed by atoms with E-state index in [-0.39, 0.29) is 18.1 Å². The Balaban J connectivity index is 1.95. The average Bonchev–Trinajstić information content (AvgIpc) is 2.78. The molecule has 1 aliphatic rings. The van der Waals surface area contributed by atoms with E-state index in [0.29, 0.717) is 17.0 Å². The van der Waals surface area contributed by atoms with Crippen LogP contribution in [-0.2, 0) is 14.3 Å². The second-order valence-corrected chi connectivity index (χ2v) is 7.67. The molecule has 0 saturated carbocycles. The first-order valence-corrected chi connectivity index (χ1v) is 9.10. The van der Waals surface area contributed by atoms with Crippen LogP contribution in [0.4, 0.5) is 5.00 Å². The van der Waals surface area contributed by atoms with Gasteiger partial charge >= 0.3 is 5.97 Å². The number of hydrogen-bond acceptors (Lipinski definition) is 5. The molecular weight excluding hydrogens is 328 g/mol. The number of carbonyl (C=O) groups excluding carboxylic acids is 2. The van der Waals surface area contributed by atoms with Crippen LogP contribution in [0, 0.1) is 13.8 Å². The van der Waals surface area contributed by atoms with Crippen molar-refractivity contribution in [2.75, 3.05) is 32.1 Å². The minimum Gasteiger partial charge on any atom is -0.465 e. The lowest BCUT2D eigenvalue weighted by Crippen LogP contribution is -3.15. The van der Waals surface area contributed by atoms with Crippen LogP contribution in [0.3, 0.4) is 0 Å². The molecule has 0 aromatic carbocycles. The lowest BCUT2D eigenvalue weighted by Gasteiger charge is -2.32. The molecule has 24 heavy (non-hydrogen) atoms. The third kappa shape index (κ3) is 4.55. The number of ether oxygens (including phenoxy) is 2. The van der Waals surface area contributed by atoms with Crippen molar-refractivity contribution in [1.82, 2.24) is 0 Å². The van der Waals surface area contributed by atoms with E-state index in [9.17, 15) is 9.59 Å². The topological polar surface area (TPSA) is 69.1 Å². The van der Waals surface area contributed by atoms with Gasteiger partial charge in [0.2, 0.25) is 5.91 Å². The van der Waals surface area contributed by atoms with E-state index in [2.05, 4.69) is 19.2 Å². The Morgan fingerprint density at radius 2 is 1.92 bits per heavy atom. The highest BCUT2D eigenvalue weighted by Crippen LogP contribution is 2.32. The van der Waals surface area contributed by atoms with Crippen molar-refractivity contribution >= 4 is 28.2 Å². The van der Waals surface area contributed by atoms with E-state index >= 15 is 0 Å². The van der Waals surface area contributed by atoms with Crippen molar-refractivity contribution < 1.29 is 24.0 Å². The van der Waals surface area contributed by atoms with Crippen LogP contribution in [0.1, 0.15) is 41.1 Å². The number of carbonyl (C=O) groups is 2. The molecule has 1 aromatic rings. The van der Waals surface area contributed by atoms with E-state index in [1.165, 1.54) is 23.3 Å². The summed E-state index contributed by atoms with van der Waals surface area (Å²) in [5, 5.41) is 3.47. The van der Waals surface area contributed by atoms with Crippen molar-refractivity contribution in [3.05, 3.63) is 16.0 Å². The quantitative estimate of drug-likeness (QED) is 0.778. The summed E-state index contributed by atoms with van der Waals surface area (Å²) in [5.41, 5.74) is 1.33. The fraction of sp³-hybridized carbons (Fsp3) is 0.647. The number of rotatable bonds is 5. The molecule has 1 aromatic heterocycles. The number of nitrogens with one attached hydrogen (secondary N) is 2. The molecule has 0 spiro atoms. The van der Waals surface area contributed by atoms with Gasteiger partial charge in [-0.15, -0.1) is 11.3 Å². The Hall–Kier alpha value is -1.44. The Kier molecular flexibility index (Phi) is 6.37. The van der Waals surface area contributed by atoms with Gasteiger partial charge in [0, 0.05) is 4.88 Å². The highest BCUT2D eigenvalue weighted by atomic mass is 32.1. The van der Waals surface area contributed by atoms with E-state index in [1.54, 1.807) is 0 Å². The number of anilines is 1. The van der Waals surface area contributed by atoms with Crippen LogP contribution in [0.5, 0.6) is 0 Å². The van der Waals surface area contributed by atoms with Gasteiger partial charge in [-0.05, 0) is 33.3 Å². The molecule has 2 rings (SSSR count). The molecule has 0 bridgehead atoms. The number of amides is 1. The zero-order valence-electron chi connectivity index (χ0n) is 15.0. The number of morpholine rings is 1. The summed E-state index contributed by atoms with van der Waals surface area (Å²) in [6.07, 6.45) is 0.867. The number of quaternary nitrogens is 1. The number of thiophene rings is 1. The number of methoxy groups -OCH3 is 1. The molecule has 0 radical (unpaired) electrons. The molecule has 1 fully saturated rings. The number of hydrogen-bond donors (Lipinski definition) is 2. The standard InChI is InChI=1S/C17H26N2O4S/c1-10-8-19(9-11(2)23-10)7-6-14(20)18-16-15(17(21)22-5)12(3)13(4)24-16/h10-11H,6-9H2,1-5H3,(H,18,20)/p+1/t10-,11-/m1/s1. The summed E-state index contributed by atoms with van der Waals surface area (Å²) >= 11 is 1.42. The first kappa shape index (κ1) is 18.9. The van der Waals surface area contributed by atoms with Gasteiger partial charge in [-0.1, -0.05) is 0 Å². The predicted molar refractivity (Wildman–Crippen MR) is 94.0 cm³/mol. The molecule has 1 amide bonds. The first-order chi connectivity index (χ1) is 11.3. The molecule has 0 unspecified atom stereocenters. The maximum atomic E-state index is 12.3. The maximum absolute atomic E-state index is 12.3. The summed E-state index contributed by atoms with van der Waals surface area (Å²) in [6.45, 7) is 10.5. The van der Waals surface area contributed by atoms with Crippen LogP contribution in [0.15, 0.2) is 0 Å². The fourth-order valence-electron chi connectivity index (χ4n) is 3.14. The number of aryl methyl sites for hydroxylation is 1. The van der Waals surface area contributed by atoms with Gasteiger partial charge in [-0.25, -0.2) is 4.79 Å². The molecule has 2 atom stereocenters. The predicted octanol–water partition coefficient (Wildman–Crippen LogP) is 1.17. The van der Waals surface area contributed by atoms with Crippen LogP contribution in [0.25, 0.3) is 0 Å². The molecule has 2 N–H and O–H groups in total. The van der Waals surface area contributed by atoms with Crippen molar-refractivity contribution in [1.29, 1.82) is 0 Å². The second kappa shape index (κ2) is 8.09. The molecule has 7 heteroatoms. The van der Waals surface area contributed by atoms with Gasteiger partial charge < -0.3 is 19.7 Å². The van der Waals surface area contributed by atoms with E-state index in [1.807, 2.05) is 13.8 Å². The molecule has 134 valence electrons. The van der Waals surface area contributed by atoms with Crippen LogP contribution in [-0.4, -0.2) is 50.8 Å². The van der Waals surface area contributed by atoms with Crippen molar-refractivity contribution in [2.45, 2.75) is 46.3 Å². The van der Waals surface area contributed by atoms with Gasteiger partial charge in [0.25, 0.3) is 0 Å². The van der Waals surface area contributed by atoms with Gasteiger partial charge in [0.1, 0.15) is 30.3 Å². The van der Waals surface area contributed by atoms with Crippen LogP contribution < -0.4 is 10.2 Å². The molecule has 1 aliphatic heterocycles. The monoisotopic (exact) mass is 355 g/mol. The SMILES string of the molecule is COC(=O)c1c(NC(=O)CC[NH+]2C[C@@H](C)O[C@H](C)C2)sc(C)c1C. The Morgan fingerprint density at radius 1 is 1.29 bits per heavy atom. The molecule has 6 nitrogen and oxygen atoms in total. The lowest BCUT2D eigenvalue weighted by molar-refractivity contribution is -0.914. The summed E-state index contributed by atoms with van der Waals surface area (Å²) in [5.74, 6) is -0.477. The van der Waals surface area contributed by atoms with Crippen molar-refractivity contribution in [3.8, 4) is 0 Å². The Morgan fingerprint density at radius 3 is 2.50 bits per heavy atom. The summed E-state index contributed by atoms with van der Waals surface area (Å²) in [6, 6.07) is 0. The molecule has 0 aliphatic carbocycles. The van der Waals surface area contributed by atoms with Gasteiger partial charge in [-0.3, -0.25) is 4.79 Å². The van der Waals surface area contributed by atoms with E-state index < -0.39 is 5.97 Å². The fourth-order valence-corrected chi connectivity index (χ4v) is 4.20. The third-order valence-electron chi connectivity index (χ3n) is 4.35. The van der Waals surface area contributed by atoms with Crippen LogP contribution in [0.2, 0.25) is 0 Å². The highest BCUT2D eigenvalue weighted by Gasteiger charge is 2.26.